The summed E-state index contributed by atoms with van der Waals surface area (Å²) in [5.74, 6) is 0. The first kappa shape index (κ1) is 17.0. The SMILES string of the molecule is CCc1ccc2cc(COC(C)OC(C)(C)CC)ccc2c1. The van der Waals surface area contributed by atoms with Gasteiger partial charge in [0.2, 0.25) is 0 Å². The Balaban J connectivity index is 2.00. The van der Waals surface area contributed by atoms with Gasteiger partial charge in [0.25, 0.3) is 0 Å². The van der Waals surface area contributed by atoms with Gasteiger partial charge in [0.05, 0.1) is 12.2 Å². The van der Waals surface area contributed by atoms with E-state index in [1.54, 1.807) is 0 Å². The number of benzene rings is 2. The van der Waals surface area contributed by atoms with Crippen LogP contribution in [0.3, 0.4) is 0 Å². The largest absolute Gasteiger partial charge is 0.348 e. The van der Waals surface area contributed by atoms with Crippen LogP contribution in [0.25, 0.3) is 10.8 Å². The molecule has 0 spiro atoms. The molecule has 2 nitrogen and oxygen atoms in total. The molecule has 1 atom stereocenters. The van der Waals surface area contributed by atoms with Crippen LogP contribution in [0.2, 0.25) is 0 Å². The fraction of sp³-hybridized carbons (Fsp3) is 0.500. The number of hydrogen-bond donors (Lipinski definition) is 0. The van der Waals surface area contributed by atoms with Gasteiger partial charge in [-0.15, -0.1) is 0 Å². The quantitative estimate of drug-likeness (QED) is 0.631. The summed E-state index contributed by atoms with van der Waals surface area (Å²) in [6, 6.07) is 13.2. The number of ether oxygens (including phenoxy) is 2. The molecule has 0 fully saturated rings. The van der Waals surface area contributed by atoms with Gasteiger partial charge in [0.1, 0.15) is 0 Å². The normalized spacial score (nSPS) is 13.5. The van der Waals surface area contributed by atoms with Gasteiger partial charge in [-0.2, -0.15) is 0 Å². The minimum Gasteiger partial charge on any atom is -0.348 e. The maximum atomic E-state index is 5.90. The van der Waals surface area contributed by atoms with Crippen LogP contribution in [-0.2, 0) is 22.5 Å². The van der Waals surface area contributed by atoms with Crippen LogP contribution in [0, 0.1) is 0 Å². The fourth-order valence-corrected chi connectivity index (χ4v) is 2.43. The minimum atomic E-state index is -0.201. The zero-order valence-corrected chi connectivity index (χ0v) is 14.5. The smallest absolute Gasteiger partial charge is 0.155 e. The molecule has 0 saturated heterocycles. The van der Waals surface area contributed by atoms with E-state index in [9.17, 15) is 0 Å². The first-order valence-corrected chi connectivity index (χ1v) is 8.24. The summed E-state index contributed by atoms with van der Waals surface area (Å²) in [7, 11) is 0. The van der Waals surface area contributed by atoms with Crippen LogP contribution in [0.15, 0.2) is 36.4 Å². The van der Waals surface area contributed by atoms with Crippen molar-refractivity contribution in [3.05, 3.63) is 47.5 Å². The van der Waals surface area contributed by atoms with E-state index >= 15 is 0 Å². The van der Waals surface area contributed by atoms with Crippen molar-refractivity contribution in [3.8, 4) is 0 Å². The highest BCUT2D eigenvalue weighted by Crippen LogP contribution is 2.21. The molecule has 2 aromatic rings. The Bertz CT molecular complexity index is 616. The second kappa shape index (κ2) is 7.26. The van der Waals surface area contributed by atoms with Gasteiger partial charge in [0.15, 0.2) is 6.29 Å². The predicted molar refractivity (Wildman–Crippen MR) is 93.0 cm³/mol. The van der Waals surface area contributed by atoms with E-state index in [0.29, 0.717) is 6.61 Å². The molecular formula is C20H28O2. The highest BCUT2D eigenvalue weighted by molar-refractivity contribution is 5.83. The fourth-order valence-electron chi connectivity index (χ4n) is 2.43. The molecule has 0 amide bonds. The summed E-state index contributed by atoms with van der Waals surface area (Å²) in [6.07, 6.45) is 1.84. The lowest BCUT2D eigenvalue weighted by atomic mass is 10.0. The van der Waals surface area contributed by atoms with E-state index in [0.717, 1.165) is 12.8 Å². The minimum absolute atomic E-state index is 0.140. The summed E-state index contributed by atoms with van der Waals surface area (Å²) >= 11 is 0. The van der Waals surface area contributed by atoms with Crippen LogP contribution in [0.1, 0.15) is 52.2 Å². The number of aryl methyl sites for hydroxylation is 1. The second-order valence-corrected chi connectivity index (χ2v) is 6.48. The Hall–Kier alpha value is -1.38. The van der Waals surface area contributed by atoms with Crippen molar-refractivity contribution in [1.82, 2.24) is 0 Å². The second-order valence-electron chi connectivity index (χ2n) is 6.48. The third-order valence-electron chi connectivity index (χ3n) is 4.20. The van der Waals surface area contributed by atoms with Crippen LogP contribution in [0.5, 0.6) is 0 Å². The average molecular weight is 300 g/mol. The lowest BCUT2D eigenvalue weighted by Gasteiger charge is -2.27. The van der Waals surface area contributed by atoms with Crippen LogP contribution in [0.4, 0.5) is 0 Å². The third-order valence-corrected chi connectivity index (χ3v) is 4.20. The molecule has 0 radical (unpaired) electrons. The van der Waals surface area contributed by atoms with Crippen molar-refractivity contribution in [1.29, 1.82) is 0 Å². The molecule has 0 saturated carbocycles. The lowest BCUT2D eigenvalue weighted by molar-refractivity contribution is -0.196. The molecule has 0 bridgehead atoms. The standard InChI is InChI=1S/C20H28O2/c1-6-16-8-10-19-13-17(9-11-18(19)12-16)14-21-15(3)22-20(4,5)7-2/h8-13,15H,6-7,14H2,1-5H3. The Kier molecular flexibility index (Phi) is 5.60. The van der Waals surface area contributed by atoms with Gasteiger partial charge in [-0.25, -0.2) is 0 Å². The number of fused-ring (bicyclic) bond motifs is 1. The highest BCUT2D eigenvalue weighted by atomic mass is 16.7. The number of rotatable bonds is 7. The zero-order valence-electron chi connectivity index (χ0n) is 14.5. The Morgan fingerprint density at radius 1 is 0.955 bits per heavy atom. The van der Waals surface area contributed by atoms with E-state index in [1.807, 2.05) is 6.92 Å². The molecule has 22 heavy (non-hydrogen) atoms. The summed E-state index contributed by atoms with van der Waals surface area (Å²) < 4.78 is 11.7. The van der Waals surface area contributed by atoms with E-state index < -0.39 is 0 Å². The van der Waals surface area contributed by atoms with Crippen molar-refractivity contribution < 1.29 is 9.47 Å². The molecule has 1 unspecified atom stereocenters. The van der Waals surface area contributed by atoms with Crippen molar-refractivity contribution in [3.63, 3.8) is 0 Å². The summed E-state index contributed by atoms with van der Waals surface area (Å²) in [6.45, 7) is 11.0. The van der Waals surface area contributed by atoms with Crippen molar-refractivity contribution >= 4 is 10.8 Å². The molecule has 2 rings (SSSR count). The molecule has 0 aliphatic rings. The van der Waals surface area contributed by atoms with E-state index in [-0.39, 0.29) is 11.9 Å². The van der Waals surface area contributed by atoms with Crippen LogP contribution >= 0.6 is 0 Å². The molecule has 120 valence electrons. The van der Waals surface area contributed by atoms with Crippen LogP contribution in [-0.4, -0.2) is 11.9 Å². The maximum Gasteiger partial charge on any atom is 0.155 e. The monoisotopic (exact) mass is 300 g/mol. The van der Waals surface area contributed by atoms with Gasteiger partial charge >= 0.3 is 0 Å². The first-order valence-electron chi connectivity index (χ1n) is 8.24. The molecular weight excluding hydrogens is 272 g/mol. The molecule has 0 heterocycles. The molecule has 0 aliphatic carbocycles. The van der Waals surface area contributed by atoms with Gasteiger partial charge in [-0.05, 0) is 61.6 Å². The lowest BCUT2D eigenvalue weighted by Crippen LogP contribution is -2.29. The summed E-state index contributed by atoms with van der Waals surface area (Å²) in [4.78, 5) is 0. The predicted octanol–water partition coefficient (Wildman–Crippen LogP) is 5.47. The number of hydrogen-bond acceptors (Lipinski definition) is 2. The van der Waals surface area contributed by atoms with Gasteiger partial charge in [0, 0.05) is 0 Å². The van der Waals surface area contributed by atoms with Crippen molar-refractivity contribution in [2.45, 2.75) is 66.0 Å². The van der Waals surface area contributed by atoms with Crippen molar-refractivity contribution in [2.75, 3.05) is 0 Å². The Morgan fingerprint density at radius 3 is 2.14 bits per heavy atom. The van der Waals surface area contributed by atoms with Gasteiger partial charge in [-0.3, -0.25) is 0 Å². The molecule has 0 aromatic heterocycles. The average Bonchev–Trinajstić information content (AvgIpc) is 2.51. The van der Waals surface area contributed by atoms with Crippen LogP contribution < -0.4 is 0 Å². The van der Waals surface area contributed by atoms with E-state index in [1.165, 1.54) is 21.9 Å². The molecule has 2 aromatic carbocycles. The van der Waals surface area contributed by atoms with E-state index in [4.69, 9.17) is 9.47 Å². The summed E-state index contributed by atoms with van der Waals surface area (Å²) in [5, 5.41) is 2.56. The first-order chi connectivity index (χ1) is 10.4. The maximum absolute atomic E-state index is 5.90. The molecule has 0 aliphatic heterocycles. The van der Waals surface area contributed by atoms with Gasteiger partial charge in [-0.1, -0.05) is 44.2 Å². The topological polar surface area (TPSA) is 18.5 Å². The zero-order chi connectivity index (χ0) is 16.2. The summed E-state index contributed by atoms with van der Waals surface area (Å²) in [5.41, 5.74) is 2.42. The van der Waals surface area contributed by atoms with Crippen molar-refractivity contribution in [2.24, 2.45) is 0 Å². The highest BCUT2D eigenvalue weighted by Gasteiger charge is 2.19. The van der Waals surface area contributed by atoms with Gasteiger partial charge < -0.3 is 9.47 Å². The van der Waals surface area contributed by atoms with E-state index in [2.05, 4.69) is 64.1 Å². The molecule has 2 heteroatoms. The Labute approximate surface area is 134 Å². The Morgan fingerprint density at radius 2 is 1.55 bits per heavy atom. The molecule has 0 N–H and O–H groups in total. The third kappa shape index (κ3) is 4.56.